The molecule has 3 rings (SSSR count). The number of thiophene rings is 1. The van der Waals surface area contributed by atoms with Crippen molar-refractivity contribution in [1.82, 2.24) is 10.2 Å². The molecule has 1 saturated heterocycles. The van der Waals surface area contributed by atoms with E-state index in [9.17, 15) is 9.59 Å². The molecule has 1 atom stereocenters. The van der Waals surface area contributed by atoms with E-state index in [1.54, 1.807) is 4.90 Å². The Morgan fingerprint density at radius 2 is 2.21 bits per heavy atom. The highest BCUT2D eigenvalue weighted by atomic mass is 35.5. The lowest BCUT2D eigenvalue weighted by Gasteiger charge is -2.17. The van der Waals surface area contributed by atoms with Crippen molar-refractivity contribution in [3.05, 3.63) is 52.4 Å². The van der Waals surface area contributed by atoms with Crippen molar-refractivity contribution in [1.29, 1.82) is 0 Å². The maximum absolute atomic E-state index is 12.1. The van der Waals surface area contributed by atoms with Crippen LogP contribution in [0.3, 0.4) is 0 Å². The Morgan fingerprint density at radius 1 is 1.33 bits per heavy atom. The SMILES string of the molecule is O=C(Nc1cccs1)N[C@@H]1CC(=O)N(CCc2cccc(Cl)c2)C1. The van der Waals surface area contributed by atoms with Crippen molar-refractivity contribution < 1.29 is 9.59 Å². The molecule has 2 N–H and O–H groups in total. The summed E-state index contributed by atoms with van der Waals surface area (Å²) in [6.45, 7) is 1.17. The Bertz CT molecular complexity index is 720. The zero-order chi connectivity index (χ0) is 16.9. The summed E-state index contributed by atoms with van der Waals surface area (Å²) in [7, 11) is 0. The Balaban J connectivity index is 1.47. The minimum atomic E-state index is -0.271. The number of nitrogens with one attached hydrogen (secondary N) is 2. The summed E-state index contributed by atoms with van der Waals surface area (Å²) in [4.78, 5) is 25.8. The number of anilines is 1. The summed E-state index contributed by atoms with van der Waals surface area (Å²) in [5.74, 6) is 0.0680. The predicted octanol–water partition coefficient (Wildman–Crippen LogP) is 3.37. The Hall–Kier alpha value is -2.05. The molecule has 0 bridgehead atoms. The number of amides is 3. The highest BCUT2D eigenvalue weighted by molar-refractivity contribution is 7.14. The van der Waals surface area contributed by atoms with Gasteiger partial charge < -0.3 is 10.2 Å². The van der Waals surface area contributed by atoms with Gasteiger partial charge in [-0.1, -0.05) is 23.7 Å². The third kappa shape index (κ3) is 4.49. The van der Waals surface area contributed by atoms with Crippen LogP contribution in [-0.4, -0.2) is 36.0 Å². The van der Waals surface area contributed by atoms with Gasteiger partial charge in [-0.3, -0.25) is 10.1 Å². The molecule has 24 heavy (non-hydrogen) atoms. The number of carbonyl (C=O) groups is 2. The van der Waals surface area contributed by atoms with Crippen molar-refractivity contribution in [2.24, 2.45) is 0 Å². The van der Waals surface area contributed by atoms with Crippen molar-refractivity contribution in [3.63, 3.8) is 0 Å². The van der Waals surface area contributed by atoms with Crippen LogP contribution in [0.5, 0.6) is 0 Å². The largest absolute Gasteiger partial charge is 0.340 e. The molecule has 0 radical (unpaired) electrons. The second-order valence-electron chi connectivity index (χ2n) is 5.70. The van der Waals surface area contributed by atoms with Gasteiger partial charge in [-0.15, -0.1) is 11.3 Å². The monoisotopic (exact) mass is 363 g/mol. The molecule has 0 aliphatic carbocycles. The molecule has 1 fully saturated rings. The molecule has 7 heteroatoms. The van der Waals surface area contributed by atoms with Gasteiger partial charge >= 0.3 is 6.03 Å². The molecule has 0 spiro atoms. The van der Waals surface area contributed by atoms with Gasteiger partial charge in [-0.2, -0.15) is 0 Å². The minimum absolute atomic E-state index is 0.0680. The summed E-state index contributed by atoms with van der Waals surface area (Å²) in [6.07, 6.45) is 1.09. The first-order valence-electron chi connectivity index (χ1n) is 7.73. The van der Waals surface area contributed by atoms with Gasteiger partial charge in [-0.05, 0) is 41.6 Å². The van der Waals surface area contributed by atoms with Gasteiger partial charge in [0.1, 0.15) is 0 Å². The summed E-state index contributed by atoms with van der Waals surface area (Å²) in [6, 6.07) is 10.9. The van der Waals surface area contributed by atoms with Gasteiger partial charge in [0, 0.05) is 24.5 Å². The van der Waals surface area contributed by atoms with E-state index >= 15 is 0 Å². The number of nitrogens with zero attached hydrogens (tertiary/aromatic N) is 1. The Morgan fingerprint density at radius 3 is 2.96 bits per heavy atom. The van der Waals surface area contributed by atoms with Crippen LogP contribution in [0.2, 0.25) is 5.02 Å². The quantitative estimate of drug-likeness (QED) is 0.855. The van der Waals surface area contributed by atoms with Crippen LogP contribution in [-0.2, 0) is 11.2 Å². The normalized spacial score (nSPS) is 17.1. The number of carbonyl (C=O) groups excluding carboxylic acids is 2. The highest BCUT2D eigenvalue weighted by Gasteiger charge is 2.30. The smallest absolute Gasteiger partial charge is 0.320 e. The van der Waals surface area contributed by atoms with E-state index in [1.807, 2.05) is 41.8 Å². The number of hydrogen-bond donors (Lipinski definition) is 2. The van der Waals surface area contributed by atoms with E-state index < -0.39 is 0 Å². The molecule has 1 aromatic carbocycles. The van der Waals surface area contributed by atoms with Crippen molar-refractivity contribution >= 4 is 39.9 Å². The molecule has 2 aromatic rings. The first-order chi connectivity index (χ1) is 11.6. The van der Waals surface area contributed by atoms with E-state index in [2.05, 4.69) is 10.6 Å². The summed E-state index contributed by atoms with van der Waals surface area (Å²) < 4.78 is 0. The fourth-order valence-corrected chi connectivity index (χ4v) is 3.55. The summed E-state index contributed by atoms with van der Waals surface area (Å²) in [5.41, 5.74) is 1.10. The lowest BCUT2D eigenvalue weighted by molar-refractivity contribution is -0.127. The third-order valence-corrected chi connectivity index (χ3v) is 4.89. The van der Waals surface area contributed by atoms with Gasteiger partial charge in [0.15, 0.2) is 0 Å². The summed E-state index contributed by atoms with van der Waals surface area (Å²) >= 11 is 7.43. The average Bonchev–Trinajstić information content (AvgIpc) is 3.15. The zero-order valence-corrected chi connectivity index (χ0v) is 14.6. The topological polar surface area (TPSA) is 61.4 Å². The van der Waals surface area contributed by atoms with Crippen LogP contribution in [0, 0.1) is 0 Å². The maximum atomic E-state index is 12.1. The van der Waals surface area contributed by atoms with Crippen LogP contribution in [0.15, 0.2) is 41.8 Å². The molecular formula is C17H18ClN3O2S. The van der Waals surface area contributed by atoms with Crippen molar-refractivity contribution in [2.45, 2.75) is 18.9 Å². The van der Waals surface area contributed by atoms with Gasteiger partial charge in [0.2, 0.25) is 5.91 Å². The van der Waals surface area contributed by atoms with Gasteiger partial charge in [0.05, 0.1) is 11.0 Å². The van der Waals surface area contributed by atoms with Gasteiger partial charge in [-0.25, -0.2) is 4.79 Å². The molecule has 0 unspecified atom stereocenters. The molecular weight excluding hydrogens is 346 g/mol. The van der Waals surface area contributed by atoms with E-state index in [1.165, 1.54) is 11.3 Å². The molecule has 3 amide bonds. The number of benzene rings is 1. The summed E-state index contributed by atoms with van der Waals surface area (Å²) in [5, 5.41) is 9.01. The lowest BCUT2D eigenvalue weighted by atomic mass is 10.1. The number of halogens is 1. The number of rotatable bonds is 5. The fourth-order valence-electron chi connectivity index (χ4n) is 2.72. The second-order valence-corrected chi connectivity index (χ2v) is 7.08. The van der Waals surface area contributed by atoms with Crippen LogP contribution in [0.4, 0.5) is 9.80 Å². The highest BCUT2D eigenvalue weighted by Crippen LogP contribution is 2.17. The predicted molar refractivity (Wildman–Crippen MR) is 96.6 cm³/mol. The zero-order valence-electron chi connectivity index (χ0n) is 13.0. The van der Waals surface area contributed by atoms with Crippen LogP contribution >= 0.6 is 22.9 Å². The molecule has 5 nitrogen and oxygen atoms in total. The van der Waals surface area contributed by atoms with Crippen LogP contribution in [0.1, 0.15) is 12.0 Å². The molecule has 126 valence electrons. The lowest BCUT2D eigenvalue weighted by Crippen LogP contribution is -2.39. The molecule has 2 heterocycles. The van der Waals surface area contributed by atoms with Crippen LogP contribution in [0.25, 0.3) is 0 Å². The Kier molecular flexibility index (Phi) is 5.37. The van der Waals surface area contributed by atoms with Crippen LogP contribution < -0.4 is 10.6 Å². The molecule has 1 aromatic heterocycles. The first-order valence-corrected chi connectivity index (χ1v) is 8.99. The van der Waals surface area contributed by atoms with Crippen molar-refractivity contribution in [2.75, 3.05) is 18.4 Å². The Labute approximate surface area is 149 Å². The average molecular weight is 364 g/mol. The number of likely N-dealkylation sites (tertiary alicyclic amines) is 1. The maximum Gasteiger partial charge on any atom is 0.320 e. The standard InChI is InChI=1S/C17H18ClN3O2S/c18-13-4-1-3-12(9-13)6-7-21-11-14(10-16(21)22)19-17(23)20-15-5-2-8-24-15/h1-5,8-9,14H,6-7,10-11H2,(H2,19,20,23)/t14-/m1/s1. The molecule has 1 aliphatic heterocycles. The molecule has 1 aliphatic rings. The molecule has 0 saturated carbocycles. The van der Waals surface area contributed by atoms with Crippen molar-refractivity contribution in [3.8, 4) is 0 Å². The first kappa shape index (κ1) is 16.8. The van der Waals surface area contributed by atoms with E-state index in [0.717, 1.165) is 17.0 Å². The van der Waals surface area contributed by atoms with E-state index in [4.69, 9.17) is 11.6 Å². The van der Waals surface area contributed by atoms with E-state index in [-0.39, 0.29) is 18.0 Å². The fraction of sp³-hybridized carbons (Fsp3) is 0.294. The second kappa shape index (κ2) is 7.68. The third-order valence-electron chi connectivity index (χ3n) is 3.87. The number of hydrogen-bond acceptors (Lipinski definition) is 3. The number of urea groups is 1. The minimum Gasteiger partial charge on any atom is -0.340 e. The van der Waals surface area contributed by atoms with E-state index in [0.29, 0.717) is 24.5 Å². The van der Waals surface area contributed by atoms with Gasteiger partial charge in [0.25, 0.3) is 0 Å².